The number of hydrogen-bond donors (Lipinski definition) is 0. The molecule has 2 aliphatic rings. The van der Waals surface area contributed by atoms with E-state index in [-0.39, 0.29) is 17.6 Å². The predicted octanol–water partition coefficient (Wildman–Crippen LogP) is 1.95. The van der Waals surface area contributed by atoms with Crippen molar-refractivity contribution in [1.29, 1.82) is 0 Å². The molecule has 0 amide bonds. The monoisotopic (exact) mass is 315 g/mol. The topological polar surface area (TPSA) is 63.7 Å². The molecule has 1 aliphatic carbocycles. The Labute approximate surface area is 127 Å². The predicted molar refractivity (Wildman–Crippen MR) is 81.2 cm³/mol. The van der Waals surface area contributed by atoms with Gasteiger partial charge >= 0.3 is 5.97 Å². The molecule has 5 nitrogen and oxygen atoms in total. The molecule has 1 saturated heterocycles. The van der Waals surface area contributed by atoms with Crippen molar-refractivity contribution in [2.45, 2.75) is 39.0 Å². The summed E-state index contributed by atoms with van der Waals surface area (Å²) in [5.74, 6) is 0.266. The SMILES string of the molecule is CCS(=O)(=O)N1CCC(C(=O)OCC2CC=CCC2)CC1. The van der Waals surface area contributed by atoms with Gasteiger partial charge in [0.1, 0.15) is 0 Å². The first-order valence-corrected chi connectivity index (χ1v) is 9.43. The van der Waals surface area contributed by atoms with E-state index in [1.165, 1.54) is 4.31 Å². The molecular weight excluding hydrogens is 290 g/mol. The quantitative estimate of drug-likeness (QED) is 0.574. The molecule has 1 heterocycles. The highest BCUT2D eigenvalue weighted by molar-refractivity contribution is 7.89. The third-order valence-electron chi connectivity index (χ3n) is 4.38. The van der Waals surface area contributed by atoms with Crippen LogP contribution in [0.25, 0.3) is 0 Å². The largest absolute Gasteiger partial charge is 0.465 e. The number of ether oxygens (including phenoxy) is 1. The number of sulfonamides is 1. The standard InChI is InChI=1S/C15H25NO4S/c1-2-21(18,19)16-10-8-14(9-11-16)15(17)20-12-13-6-4-3-5-7-13/h3-4,13-14H,2,5-12H2,1H3. The zero-order valence-corrected chi connectivity index (χ0v) is 13.5. The van der Waals surface area contributed by atoms with Gasteiger partial charge < -0.3 is 4.74 Å². The Bertz CT molecular complexity index is 478. The van der Waals surface area contributed by atoms with Crippen molar-refractivity contribution in [2.75, 3.05) is 25.4 Å². The molecule has 0 radical (unpaired) electrons. The highest BCUT2D eigenvalue weighted by atomic mass is 32.2. The molecule has 2 rings (SSSR count). The Morgan fingerprint density at radius 1 is 1.24 bits per heavy atom. The van der Waals surface area contributed by atoms with E-state index in [0.29, 0.717) is 38.5 Å². The average molecular weight is 315 g/mol. The molecule has 0 aromatic carbocycles. The molecule has 0 N–H and O–H groups in total. The number of piperidine rings is 1. The number of allylic oxidation sites excluding steroid dienone is 2. The van der Waals surface area contributed by atoms with Gasteiger partial charge in [0.25, 0.3) is 0 Å². The lowest BCUT2D eigenvalue weighted by Gasteiger charge is -2.30. The Kier molecular flexibility index (Phi) is 5.81. The summed E-state index contributed by atoms with van der Waals surface area (Å²) >= 11 is 0. The van der Waals surface area contributed by atoms with Crippen molar-refractivity contribution in [2.24, 2.45) is 11.8 Å². The third-order valence-corrected chi connectivity index (χ3v) is 6.27. The first-order chi connectivity index (χ1) is 10.0. The van der Waals surface area contributed by atoms with Crippen LogP contribution < -0.4 is 0 Å². The summed E-state index contributed by atoms with van der Waals surface area (Å²) < 4.78 is 30.4. The fraction of sp³-hybridized carbons (Fsp3) is 0.800. The Balaban J connectivity index is 1.74. The molecule has 6 heteroatoms. The molecule has 0 spiro atoms. The summed E-state index contributed by atoms with van der Waals surface area (Å²) in [6.45, 7) is 3.01. The van der Waals surface area contributed by atoms with E-state index >= 15 is 0 Å². The minimum absolute atomic E-state index is 0.122. The van der Waals surface area contributed by atoms with Crippen LogP contribution in [0.3, 0.4) is 0 Å². The van der Waals surface area contributed by atoms with E-state index in [9.17, 15) is 13.2 Å². The highest BCUT2D eigenvalue weighted by Crippen LogP contribution is 2.23. The Morgan fingerprint density at radius 2 is 1.95 bits per heavy atom. The number of esters is 1. The normalized spacial score (nSPS) is 24.9. The lowest BCUT2D eigenvalue weighted by molar-refractivity contribution is -0.151. The molecule has 0 aromatic rings. The average Bonchev–Trinajstić information content (AvgIpc) is 2.53. The van der Waals surface area contributed by atoms with Gasteiger partial charge in [0, 0.05) is 13.1 Å². The lowest BCUT2D eigenvalue weighted by atomic mass is 9.95. The zero-order chi connectivity index (χ0) is 15.3. The van der Waals surface area contributed by atoms with E-state index < -0.39 is 10.0 Å². The van der Waals surface area contributed by atoms with Gasteiger partial charge in [-0.15, -0.1) is 0 Å². The minimum atomic E-state index is -3.13. The van der Waals surface area contributed by atoms with E-state index in [0.717, 1.165) is 19.3 Å². The maximum Gasteiger partial charge on any atom is 0.309 e. The fourth-order valence-electron chi connectivity index (χ4n) is 2.88. The molecule has 1 atom stereocenters. The number of nitrogens with zero attached hydrogens (tertiary/aromatic N) is 1. The van der Waals surface area contributed by atoms with Crippen LogP contribution in [-0.2, 0) is 19.6 Å². The van der Waals surface area contributed by atoms with Gasteiger partial charge in [-0.1, -0.05) is 12.2 Å². The van der Waals surface area contributed by atoms with Crippen LogP contribution in [0, 0.1) is 11.8 Å². The molecule has 0 bridgehead atoms. The molecule has 1 fully saturated rings. The highest BCUT2D eigenvalue weighted by Gasteiger charge is 2.31. The molecule has 120 valence electrons. The van der Waals surface area contributed by atoms with E-state index in [1.807, 2.05) is 0 Å². The van der Waals surface area contributed by atoms with Gasteiger partial charge in [-0.25, -0.2) is 12.7 Å². The Hall–Kier alpha value is -0.880. The lowest BCUT2D eigenvalue weighted by Crippen LogP contribution is -2.41. The van der Waals surface area contributed by atoms with Gasteiger partial charge in [0.15, 0.2) is 0 Å². The maximum atomic E-state index is 12.1. The first kappa shape index (κ1) is 16.5. The second kappa shape index (κ2) is 7.40. The van der Waals surface area contributed by atoms with Crippen LogP contribution in [0.2, 0.25) is 0 Å². The molecule has 1 unspecified atom stereocenters. The van der Waals surface area contributed by atoms with Crippen molar-refractivity contribution in [3.05, 3.63) is 12.2 Å². The van der Waals surface area contributed by atoms with Gasteiger partial charge in [-0.05, 0) is 44.9 Å². The van der Waals surface area contributed by atoms with E-state index in [2.05, 4.69) is 12.2 Å². The van der Waals surface area contributed by atoms with Crippen molar-refractivity contribution >= 4 is 16.0 Å². The van der Waals surface area contributed by atoms with Crippen molar-refractivity contribution < 1.29 is 17.9 Å². The summed E-state index contributed by atoms with van der Waals surface area (Å²) in [4.78, 5) is 12.1. The Morgan fingerprint density at radius 3 is 2.52 bits per heavy atom. The number of carbonyl (C=O) groups excluding carboxylic acids is 1. The van der Waals surface area contributed by atoms with Crippen LogP contribution in [-0.4, -0.2) is 44.1 Å². The molecular formula is C15H25NO4S. The smallest absolute Gasteiger partial charge is 0.309 e. The maximum absolute atomic E-state index is 12.1. The number of hydrogen-bond acceptors (Lipinski definition) is 4. The molecule has 0 saturated carbocycles. The van der Waals surface area contributed by atoms with Gasteiger partial charge in [-0.2, -0.15) is 0 Å². The van der Waals surface area contributed by atoms with Gasteiger partial charge in [-0.3, -0.25) is 4.79 Å². The van der Waals surface area contributed by atoms with Gasteiger partial charge in [0.2, 0.25) is 10.0 Å². The number of rotatable bonds is 5. The third kappa shape index (κ3) is 4.54. The van der Waals surface area contributed by atoms with Crippen molar-refractivity contribution in [1.82, 2.24) is 4.31 Å². The molecule has 0 aromatic heterocycles. The molecule has 21 heavy (non-hydrogen) atoms. The summed E-state index contributed by atoms with van der Waals surface area (Å²) in [5.41, 5.74) is 0. The van der Waals surface area contributed by atoms with Crippen molar-refractivity contribution in [3.63, 3.8) is 0 Å². The first-order valence-electron chi connectivity index (χ1n) is 7.82. The summed E-state index contributed by atoms with van der Waals surface area (Å²) in [7, 11) is -3.13. The fourth-order valence-corrected chi connectivity index (χ4v) is 4.01. The van der Waals surface area contributed by atoms with Crippen molar-refractivity contribution in [3.8, 4) is 0 Å². The van der Waals surface area contributed by atoms with Crippen LogP contribution in [0.5, 0.6) is 0 Å². The van der Waals surface area contributed by atoms with E-state index in [4.69, 9.17) is 4.74 Å². The second-order valence-electron chi connectivity index (χ2n) is 5.85. The summed E-state index contributed by atoms with van der Waals surface area (Å²) in [6, 6.07) is 0. The summed E-state index contributed by atoms with van der Waals surface area (Å²) in [6.07, 6.45) is 8.59. The zero-order valence-electron chi connectivity index (χ0n) is 12.7. The summed E-state index contributed by atoms with van der Waals surface area (Å²) in [5, 5.41) is 0. The van der Waals surface area contributed by atoms with Gasteiger partial charge in [0.05, 0.1) is 18.3 Å². The van der Waals surface area contributed by atoms with Crippen LogP contribution >= 0.6 is 0 Å². The van der Waals surface area contributed by atoms with Crippen LogP contribution in [0.4, 0.5) is 0 Å². The van der Waals surface area contributed by atoms with E-state index in [1.54, 1.807) is 6.92 Å². The minimum Gasteiger partial charge on any atom is -0.465 e. The molecule has 1 aliphatic heterocycles. The second-order valence-corrected chi connectivity index (χ2v) is 8.11. The number of carbonyl (C=O) groups is 1. The van der Waals surface area contributed by atoms with Crippen LogP contribution in [0.15, 0.2) is 12.2 Å². The van der Waals surface area contributed by atoms with Crippen LogP contribution in [0.1, 0.15) is 39.0 Å².